The summed E-state index contributed by atoms with van der Waals surface area (Å²) in [6.07, 6.45) is 3.77. The summed E-state index contributed by atoms with van der Waals surface area (Å²) >= 11 is 1.48. The van der Waals surface area contributed by atoms with Gasteiger partial charge < -0.3 is 41.6 Å². The minimum absolute atomic E-state index is 0.0638. The van der Waals surface area contributed by atoms with Crippen molar-refractivity contribution in [1.82, 2.24) is 15.5 Å². The molecule has 2 aromatic carbocycles. The molecule has 2 aromatic rings. The van der Waals surface area contributed by atoms with Crippen LogP contribution in [-0.4, -0.2) is 103 Å². The van der Waals surface area contributed by atoms with Gasteiger partial charge in [-0.2, -0.15) is 11.8 Å². The Labute approximate surface area is 335 Å². The minimum atomic E-state index is -1.21. The standard InChI is InChI=1S/C41H61N5O9S/c1-26(2)25-55-40(53)36-28(12-11-13-30(36)41(3,4)5)23-33(37(43)50)46(20-10-8-9-14-35(49)54-6)34(48)24-44-39(52)32(19-21-56-7)45-38(51)31(42)22-27-15-17-29(47)18-16-27/h11-13,15-18,26,31-33,47H,8-10,14,19-25,42H2,1-7H3,(H2,43,50)(H,44,52)(H,45,51)/t31-,32+,33-/m0/s1. The molecule has 0 aliphatic rings. The second-order valence-electron chi connectivity index (χ2n) is 15.2. The first-order valence-electron chi connectivity index (χ1n) is 18.9. The van der Waals surface area contributed by atoms with Crippen molar-refractivity contribution in [2.75, 3.05) is 38.8 Å². The molecule has 0 unspecified atom stereocenters. The maximum absolute atomic E-state index is 14.0. The molecule has 0 fully saturated rings. The number of rotatable bonds is 23. The largest absolute Gasteiger partial charge is 0.508 e. The fourth-order valence-corrected chi connectivity index (χ4v) is 6.43. The number of hydrogen-bond donors (Lipinski definition) is 5. The highest BCUT2D eigenvalue weighted by Crippen LogP contribution is 2.30. The summed E-state index contributed by atoms with van der Waals surface area (Å²) in [5.41, 5.74) is 13.9. The number of nitrogens with one attached hydrogen (secondary N) is 2. The Morgan fingerprint density at radius 1 is 0.946 bits per heavy atom. The van der Waals surface area contributed by atoms with Gasteiger partial charge in [-0.25, -0.2) is 4.79 Å². The highest BCUT2D eigenvalue weighted by Gasteiger charge is 2.33. The summed E-state index contributed by atoms with van der Waals surface area (Å²) in [5.74, 6) is -2.81. The van der Waals surface area contributed by atoms with E-state index in [0.717, 1.165) is 5.56 Å². The topological polar surface area (TPSA) is 220 Å². The Hall–Kier alpha value is -4.63. The van der Waals surface area contributed by atoms with Crippen LogP contribution in [-0.2, 0) is 51.7 Å². The van der Waals surface area contributed by atoms with Gasteiger partial charge >= 0.3 is 11.9 Å². The van der Waals surface area contributed by atoms with Crippen molar-refractivity contribution in [3.63, 3.8) is 0 Å². The lowest BCUT2D eigenvalue weighted by atomic mass is 9.81. The lowest BCUT2D eigenvalue weighted by Crippen LogP contribution is -2.55. The van der Waals surface area contributed by atoms with Crippen LogP contribution in [0.25, 0.3) is 0 Å². The molecule has 2 rings (SSSR count). The number of unbranched alkanes of at least 4 members (excludes halogenated alkanes) is 2. The van der Waals surface area contributed by atoms with Crippen LogP contribution in [0.5, 0.6) is 5.75 Å². The van der Waals surface area contributed by atoms with Crippen LogP contribution in [0.15, 0.2) is 42.5 Å². The Balaban J connectivity index is 2.37. The summed E-state index contributed by atoms with van der Waals surface area (Å²) < 4.78 is 10.4. The van der Waals surface area contributed by atoms with Crippen LogP contribution in [0.2, 0.25) is 0 Å². The number of aromatic hydroxyl groups is 1. The van der Waals surface area contributed by atoms with E-state index in [0.29, 0.717) is 41.7 Å². The number of phenols is 1. The molecule has 0 saturated heterocycles. The number of nitrogens with zero attached hydrogens (tertiary/aromatic N) is 1. The molecule has 3 atom stereocenters. The fraction of sp³-hybridized carbons (Fsp3) is 0.561. The van der Waals surface area contributed by atoms with E-state index in [1.807, 2.05) is 46.9 Å². The maximum atomic E-state index is 14.0. The Morgan fingerprint density at radius 3 is 2.21 bits per heavy atom. The van der Waals surface area contributed by atoms with Crippen molar-refractivity contribution in [1.29, 1.82) is 0 Å². The summed E-state index contributed by atoms with van der Waals surface area (Å²) in [6.45, 7) is 9.47. The van der Waals surface area contributed by atoms with Crippen molar-refractivity contribution in [2.45, 2.75) is 103 Å². The van der Waals surface area contributed by atoms with Gasteiger partial charge in [0.1, 0.15) is 17.8 Å². The molecular formula is C41H61N5O9S. The summed E-state index contributed by atoms with van der Waals surface area (Å²) in [5, 5.41) is 14.9. The van der Waals surface area contributed by atoms with E-state index in [-0.39, 0.29) is 56.5 Å². The highest BCUT2D eigenvalue weighted by atomic mass is 32.2. The molecule has 0 aliphatic heterocycles. The molecule has 56 heavy (non-hydrogen) atoms. The number of carbonyl (C=O) groups is 6. The van der Waals surface area contributed by atoms with Gasteiger partial charge in [-0.1, -0.05) is 71.4 Å². The molecule has 4 amide bonds. The van der Waals surface area contributed by atoms with Crippen molar-refractivity contribution >= 4 is 47.3 Å². The third-order valence-corrected chi connectivity index (χ3v) is 9.69. The molecule has 0 aromatic heterocycles. The monoisotopic (exact) mass is 799 g/mol. The lowest BCUT2D eigenvalue weighted by Gasteiger charge is -2.32. The summed E-state index contributed by atoms with van der Waals surface area (Å²) in [4.78, 5) is 80.4. The molecular weight excluding hydrogens is 739 g/mol. The number of benzene rings is 2. The van der Waals surface area contributed by atoms with Gasteiger partial charge in [0.05, 0.1) is 31.9 Å². The minimum Gasteiger partial charge on any atom is -0.508 e. The number of methoxy groups -OCH3 is 1. The summed E-state index contributed by atoms with van der Waals surface area (Å²) in [6, 6.07) is 8.41. The fourth-order valence-electron chi connectivity index (χ4n) is 5.96. The van der Waals surface area contributed by atoms with Crippen LogP contribution in [0.3, 0.4) is 0 Å². The Bertz CT molecular complexity index is 1630. The number of phenolic OH excluding ortho intramolecular Hbond substituents is 1. The first-order valence-corrected chi connectivity index (χ1v) is 20.3. The van der Waals surface area contributed by atoms with Gasteiger partial charge in [0.2, 0.25) is 23.6 Å². The van der Waals surface area contributed by atoms with Gasteiger partial charge in [0, 0.05) is 19.4 Å². The van der Waals surface area contributed by atoms with Crippen LogP contribution in [0.1, 0.15) is 93.8 Å². The predicted octanol–water partition coefficient (Wildman–Crippen LogP) is 3.39. The van der Waals surface area contributed by atoms with Gasteiger partial charge in [0.15, 0.2) is 0 Å². The average molecular weight is 800 g/mol. The second-order valence-corrected chi connectivity index (χ2v) is 16.2. The van der Waals surface area contributed by atoms with Crippen molar-refractivity contribution in [3.8, 4) is 5.75 Å². The molecule has 0 bridgehead atoms. The molecule has 7 N–H and O–H groups in total. The average Bonchev–Trinajstić information content (AvgIpc) is 3.15. The molecule has 14 nitrogen and oxygen atoms in total. The molecule has 310 valence electrons. The number of hydrogen-bond acceptors (Lipinski definition) is 11. The van der Waals surface area contributed by atoms with Gasteiger partial charge in [-0.05, 0) is 77.8 Å². The number of thioether (sulfide) groups is 1. The van der Waals surface area contributed by atoms with E-state index >= 15 is 0 Å². The Kier molecular flexibility index (Phi) is 19.9. The molecule has 0 heterocycles. The van der Waals surface area contributed by atoms with Crippen LogP contribution in [0, 0.1) is 5.92 Å². The molecule has 0 saturated carbocycles. The van der Waals surface area contributed by atoms with Crippen LogP contribution in [0.4, 0.5) is 0 Å². The molecule has 0 radical (unpaired) electrons. The Morgan fingerprint density at radius 2 is 1.62 bits per heavy atom. The van der Waals surface area contributed by atoms with E-state index in [1.165, 1.54) is 35.9 Å². The zero-order valence-corrected chi connectivity index (χ0v) is 34.7. The van der Waals surface area contributed by atoms with Crippen molar-refractivity contribution in [3.05, 3.63) is 64.7 Å². The third kappa shape index (κ3) is 15.8. The SMILES string of the molecule is COC(=O)CCCCCN(C(=O)CNC(=O)[C@@H](CCSC)NC(=O)[C@@H](N)Cc1ccc(O)cc1)[C@@H](Cc1cccc(C(C)(C)C)c1C(=O)OCC(C)C)C(N)=O. The van der Waals surface area contributed by atoms with Gasteiger partial charge in [-0.3, -0.25) is 24.0 Å². The zero-order chi connectivity index (χ0) is 42.0. The van der Waals surface area contributed by atoms with E-state index in [2.05, 4.69) is 10.6 Å². The zero-order valence-electron chi connectivity index (χ0n) is 33.9. The van der Waals surface area contributed by atoms with E-state index < -0.39 is 59.7 Å². The quantitative estimate of drug-likeness (QED) is 0.0810. The first-order chi connectivity index (χ1) is 26.4. The third-order valence-electron chi connectivity index (χ3n) is 9.04. The summed E-state index contributed by atoms with van der Waals surface area (Å²) in [7, 11) is 1.30. The molecule has 15 heteroatoms. The van der Waals surface area contributed by atoms with Crippen molar-refractivity contribution in [2.24, 2.45) is 17.4 Å². The lowest BCUT2D eigenvalue weighted by molar-refractivity contribution is -0.141. The first kappa shape index (κ1) is 47.5. The molecule has 0 aliphatic carbocycles. The van der Waals surface area contributed by atoms with E-state index in [9.17, 15) is 33.9 Å². The molecule has 0 spiro atoms. The van der Waals surface area contributed by atoms with Gasteiger partial charge in [-0.15, -0.1) is 0 Å². The number of nitrogens with two attached hydrogens (primary N) is 2. The smallest absolute Gasteiger partial charge is 0.338 e. The van der Waals surface area contributed by atoms with E-state index in [4.69, 9.17) is 20.9 Å². The van der Waals surface area contributed by atoms with Crippen molar-refractivity contribution < 1.29 is 43.3 Å². The van der Waals surface area contributed by atoms with Crippen LogP contribution < -0.4 is 22.1 Å². The predicted molar refractivity (Wildman–Crippen MR) is 217 cm³/mol. The maximum Gasteiger partial charge on any atom is 0.338 e. The number of amides is 4. The number of carbonyl (C=O) groups excluding carboxylic acids is 6. The normalized spacial score (nSPS) is 12.9. The van der Waals surface area contributed by atoms with E-state index in [1.54, 1.807) is 24.3 Å². The number of primary amides is 1. The number of esters is 2. The highest BCUT2D eigenvalue weighted by molar-refractivity contribution is 7.98. The van der Waals surface area contributed by atoms with Gasteiger partial charge in [0.25, 0.3) is 0 Å². The number of ether oxygens (including phenoxy) is 2. The second kappa shape index (κ2) is 23.4. The van der Waals surface area contributed by atoms with Crippen LogP contribution >= 0.6 is 11.8 Å².